The predicted octanol–water partition coefficient (Wildman–Crippen LogP) is 3.87. The first kappa shape index (κ1) is 21.0. The van der Waals surface area contributed by atoms with Crippen molar-refractivity contribution in [1.29, 1.82) is 0 Å². The van der Waals surface area contributed by atoms with E-state index in [2.05, 4.69) is 20.8 Å². The van der Waals surface area contributed by atoms with Crippen LogP contribution >= 0.6 is 0 Å². The molecule has 0 radical (unpaired) electrons. The molecule has 0 aromatic heterocycles. The number of hydrogen-bond donors (Lipinski definition) is 2. The lowest BCUT2D eigenvalue weighted by Gasteiger charge is -2.59. The number of rotatable bonds is 4. The molecule has 4 aliphatic rings. The SMILES string of the molecule is C[C@H](CCC(=O)O)[C@H]1CC[C@H]2[C@@H]3C(=O)C[C@@H]4CC(O)CC[C@]4(C)[C@H]3CC(=O)[C@]12C. The van der Waals surface area contributed by atoms with E-state index in [0.717, 1.165) is 25.7 Å². The summed E-state index contributed by atoms with van der Waals surface area (Å²) in [5, 5.41) is 19.2. The van der Waals surface area contributed by atoms with Gasteiger partial charge in [-0.1, -0.05) is 20.8 Å². The number of aliphatic carboxylic acids is 1. The maximum Gasteiger partial charge on any atom is 0.303 e. The standard InChI is InChI=1S/C24H36O5/c1-13(4-7-21(28)29)16-5-6-17-22-18(12-20(27)24(16,17)3)23(2)9-8-15(25)10-14(23)11-19(22)26/h13-18,22,25H,4-12H2,1-3H3,(H,28,29)/t13-,14+,15?,16-,17+,18+,22+,23+,24-/m1/s1. The van der Waals surface area contributed by atoms with Gasteiger partial charge in [-0.05, 0) is 73.5 Å². The first-order valence-corrected chi connectivity index (χ1v) is 11.5. The molecule has 162 valence electrons. The third-order valence-electron chi connectivity index (χ3n) is 9.87. The van der Waals surface area contributed by atoms with Gasteiger partial charge in [0.15, 0.2) is 0 Å². The third kappa shape index (κ3) is 3.10. The lowest BCUT2D eigenvalue weighted by molar-refractivity contribution is -0.168. The van der Waals surface area contributed by atoms with Gasteiger partial charge < -0.3 is 10.2 Å². The van der Waals surface area contributed by atoms with Gasteiger partial charge in [-0.3, -0.25) is 14.4 Å². The second-order valence-corrected chi connectivity index (χ2v) is 11.0. The van der Waals surface area contributed by atoms with Crippen molar-refractivity contribution in [2.45, 2.75) is 84.7 Å². The first-order valence-electron chi connectivity index (χ1n) is 11.5. The van der Waals surface area contributed by atoms with E-state index >= 15 is 0 Å². The van der Waals surface area contributed by atoms with E-state index in [0.29, 0.717) is 37.2 Å². The van der Waals surface area contributed by atoms with Crippen LogP contribution in [0.3, 0.4) is 0 Å². The van der Waals surface area contributed by atoms with Gasteiger partial charge in [0.25, 0.3) is 0 Å². The Labute approximate surface area is 173 Å². The van der Waals surface area contributed by atoms with Crippen LogP contribution in [0.1, 0.15) is 78.6 Å². The number of carboxylic acids is 1. The summed E-state index contributed by atoms with van der Waals surface area (Å²) in [5.74, 6) is 0.550. The molecule has 2 N–H and O–H groups in total. The Hall–Kier alpha value is -1.23. The fraction of sp³-hybridized carbons (Fsp3) is 0.875. The molecule has 4 rings (SSSR count). The molecule has 5 heteroatoms. The molecule has 0 saturated heterocycles. The van der Waals surface area contributed by atoms with E-state index in [4.69, 9.17) is 5.11 Å². The van der Waals surface area contributed by atoms with Gasteiger partial charge in [0.05, 0.1) is 6.10 Å². The lowest BCUT2D eigenvalue weighted by Crippen LogP contribution is -2.60. The minimum atomic E-state index is -0.785. The van der Waals surface area contributed by atoms with Gasteiger partial charge in [-0.15, -0.1) is 0 Å². The molecular weight excluding hydrogens is 368 g/mol. The normalized spacial score (nSPS) is 47.9. The molecular formula is C24H36O5. The Morgan fingerprint density at radius 1 is 1.14 bits per heavy atom. The summed E-state index contributed by atoms with van der Waals surface area (Å²) in [4.78, 5) is 38.0. The van der Waals surface area contributed by atoms with Crippen LogP contribution in [-0.4, -0.2) is 33.9 Å². The minimum Gasteiger partial charge on any atom is -0.481 e. The highest BCUT2D eigenvalue weighted by molar-refractivity contribution is 5.92. The maximum atomic E-state index is 13.6. The average Bonchev–Trinajstić information content (AvgIpc) is 3.01. The van der Waals surface area contributed by atoms with Crippen LogP contribution in [0.15, 0.2) is 0 Å². The van der Waals surface area contributed by atoms with E-state index in [1.165, 1.54) is 0 Å². The molecule has 1 unspecified atom stereocenters. The van der Waals surface area contributed by atoms with Crippen LogP contribution in [0.4, 0.5) is 0 Å². The van der Waals surface area contributed by atoms with Crippen molar-refractivity contribution in [2.24, 2.45) is 46.3 Å². The van der Waals surface area contributed by atoms with E-state index in [1.54, 1.807) is 0 Å². The molecule has 0 aliphatic heterocycles. The lowest BCUT2D eigenvalue weighted by atomic mass is 9.43. The highest BCUT2D eigenvalue weighted by Gasteiger charge is 2.66. The van der Waals surface area contributed by atoms with Crippen molar-refractivity contribution in [2.75, 3.05) is 0 Å². The quantitative estimate of drug-likeness (QED) is 0.742. The molecule has 29 heavy (non-hydrogen) atoms. The van der Waals surface area contributed by atoms with Crippen molar-refractivity contribution in [3.63, 3.8) is 0 Å². The predicted molar refractivity (Wildman–Crippen MR) is 108 cm³/mol. The van der Waals surface area contributed by atoms with Crippen molar-refractivity contribution >= 4 is 17.5 Å². The topological polar surface area (TPSA) is 91.7 Å². The Morgan fingerprint density at radius 3 is 2.55 bits per heavy atom. The second kappa shape index (κ2) is 7.18. The minimum absolute atomic E-state index is 0.0260. The van der Waals surface area contributed by atoms with Crippen LogP contribution < -0.4 is 0 Å². The highest BCUT2D eigenvalue weighted by atomic mass is 16.4. The van der Waals surface area contributed by atoms with Gasteiger partial charge in [0, 0.05) is 30.6 Å². The number of aliphatic hydroxyl groups excluding tert-OH is 1. The van der Waals surface area contributed by atoms with Gasteiger partial charge in [0.2, 0.25) is 0 Å². The highest BCUT2D eigenvalue weighted by Crippen LogP contribution is 2.66. The fourth-order valence-electron chi connectivity index (χ4n) is 8.13. The smallest absolute Gasteiger partial charge is 0.303 e. The number of hydrogen-bond acceptors (Lipinski definition) is 4. The Kier molecular flexibility index (Phi) is 5.20. The Bertz CT molecular complexity index is 716. The molecule has 4 fully saturated rings. The summed E-state index contributed by atoms with van der Waals surface area (Å²) < 4.78 is 0. The van der Waals surface area contributed by atoms with Crippen LogP contribution in [0, 0.1) is 46.3 Å². The van der Waals surface area contributed by atoms with Crippen molar-refractivity contribution in [3.8, 4) is 0 Å². The summed E-state index contributed by atoms with van der Waals surface area (Å²) >= 11 is 0. The zero-order chi connectivity index (χ0) is 21.1. The third-order valence-corrected chi connectivity index (χ3v) is 9.87. The summed E-state index contributed by atoms with van der Waals surface area (Å²) in [6.07, 6.45) is 5.64. The van der Waals surface area contributed by atoms with E-state index in [9.17, 15) is 19.5 Å². The van der Waals surface area contributed by atoms with Crippen molar-refractivity contribution < 1.29 is 24.6 Å². The second-order valence-electron chi connectivity index (χ2n) is 11.0. The average molecular weight is 405 g/mol. The maximum absolute atomic E-state index is 13.6. The molecule has 0 aromatic carbocycles. The zero-order valence-corrected chi connectivity index (χ0v) is 18.0. The van der Waals surface area contributed by atoms with Crippen LogP contribution in [0.2, 0.25) is 0 Å². The number of fused-ring (bicyclic) bond motifs is 5. The molecule has 0 amide bonds. The number of ketones is 2. The molecule has 0 aromatic rings. The zero-order valence-electron chi connectivity index (χ0n) is 18.0. The van der Waals surface area contributed by atoms with Crippen LogP contribution in [0.5, 0.6) is 0 Å². The molecule has 4 saturated carbocycles. The summed E-state index contributed by atoms with van der Waals surface area (Å²) in [7, 11) is 0. The number of carbonyl (C=O) groups excluding carboxylic acids is 2. The monoisotopic (exact) mass is 404 g/mol. The number of carboxylic acid groups (broad SMARTS) is 1. The molecule has 9 atom stereocenters. The van der Waals surface area contributed by atoms with Crippen LogP contribution in [-0.2, 0) is 14.4 Å². The van der Waals surface area contributed by atoms with Crippen molar-refractivity contribution in [1.82, 2.24) is 0 Å². The molecule has 5 nitrogen and oxygen atoms in total. The molecule has 4 aliphatic carbocycles. The summed E-state index contributed by atoms with van der Waals surface area (Å²) in [5.41, 5.74) is -0.520. The van der Waals surface area contributed by atoms with E-state index in [1.807, 2.05) is 0 Å². The van der Waals surface area contributed by atoms with Gasteiger partial charge >= 0.3 is 5.97 Å². The van der Waals surface area contributed by atoms with Gasteiger partial charge in [0.1, 0.15) is 11.6 Å². The Balaban J connectivity index is 1.62. The van der Waals surface area contributed by atoms with Crippen LogP contribution in [0.25, 0.3) is 0 Å². The largest absolute Gasteiger partial charge is 0.481 e. The summed E-state index contributed by atoms with van der Waals surface area (Å²) in [6, 6.07) is 0. The van der Waals surface area contributed by atoms with Gasteiger partial charge in [-0.25, -0.2) is 0 Å². The fourth-order valence-corrected chi connectivity index (χ4v) is 8.13. The molecule has 0 heterocycles. The Morgan fingerprint density at radius 2 is 1.86 bits per heavy atom. The number of Topliss-reactive ketones (excluding diaryl/α,β-unsaturated/α-hetero) is 2. The van der Waals surface area contributed by atoms with Gasteiger partial charge in [-0.2, -0.15) is 0 Å². The summed E-state index contributed by atoms with van der Waals surface area (Å²) in [6.45, 7) is 6.44. The van der Waals surface area contributed by atoms with E-state index < -0.39 is 11.4 Å². The number of carbonyl (C=O) groups is 3. The van der Waals surface area contributed by atoms with Crippen molar-refractivity contribution in [3.05, 3.63) is 0 Å². The first-order chi connectivity index (χ1) is 13.6. The molecule has 0 spiro atoms. The molecule has 0 bridgehead atoms. The van der Waals surface area contributed by atoms with E-state index in [-0.39, 0.29) is 53.4 Å². The number of aliphatic hydroxyl groups is 1.